The van der Waals surface area contributed by atoms with Gasteiger partial charge in [-0.2, -0.15) is 0 Å². The minimum atomic E-state index is -3.62. The van der Waals surface area contributed by atoms with Crippen LogP contribution in [0.2, 0.25) is 0 Å². The summed E-state index contributed by atoms with van der Waals surface area (Å²) in [4.78, 5) is 12.0. The van der Waals surface area contributed by atoms with E-state index < -0.39 is 10.0 Å². The average molecular weight is 441 g/mol. The molecule has 8 heteroatoms. The normalized spacial score (nSPS) is 11.2. The molecule has 0 unspecified atom stereocenters. The van der Waals surface area contributed by atoms with Gasteiger partial charge in [-0.1, -0.05) is 34.1 Å². The Morgan fingerprint density at radius 1 is 1.12 bits per heavy atom. The number of sulfonamides is 1. The van der Waals surface area contributed by atoms with E-state index in [2.05, 4.69) is 26.0 Å². The van der Waals surface area contributed by atoms with Crippen molar-refractivity contribution in [2.24, 2.45) is 0 Å². The van der Waals surface area contributed by atoms with E-state index in [0.717, 1.165) is 11.3 Å². The summed E-state index contributed by atoms with van der Waals surface area (Å²) in [7, 11) is -2.01. The number of halogens is 1. The standard InChI is InChI=1S/C18H21BrN2O4S/c1-25-16-7-5-14(6-8-16)9-11-20-18(22)10-12-21-26(23,24)17-4-2-3-15(19)13-17/h2-8,13,21H,9-12H2,1H3,(H,20,22). The largest absolute Gasteiger partial charge is 0.497 e. The van der Waals surface area contributed by atoms with Gasteiger partial charge in [0.1, 0.15) is 5.75 Å². The van der Waals surface area contributed by atoms with Crippen molar-refractivity contribution in [1.82, 2.24) is 10.0 Å². The molecule has 2 aromatic carbocycles. The number of nitrogens with one attached hydrogen (secondary N) is 2. The van der Waals surface area contributed by atoms with Gasteiger partial charge in [-0.25, -0.2) is 13.1 Å². The van der Waals surface area contributed by atoms with E-state index in [4.69, 9.17) is 4.74 Å². The van der Waals surface area contributed by atoms with Crippen LogP contribution >= 0.6 is 15.9 Å². The van der Waals surface area contributed by atoms with E-state index in [1.54, 1.807) is 19.2 Å². The van der Waals surface area contributed by atoms with Crippen LogP contribution < -0.4 is 14.8 Å². The third-order valence-corrected chi connectivity index (χ3v) is 5.60. The Balaban J connectivity index is 1.71. The molecule has 0 heterocycles. The molecule has 2 N–H and O–H groups in total. The lowest BCUT2D eigenvalue weighted by molar-refractivity contribution is -0.120. The molecule has 6 nitrogen and oxygen atoms in total. The third-order valence-electron chi connectivity index (χ3n) is 3.65. The number of methoxy groups -OCH3 is 1. The SMILES string of the molecule is COc1ccc(CCNC(=O)CCNS(=O)(=O)c2cccc(Br)c2)cc1. The maximum atomic E-state index is 12.1. The van der Waals surface area contributed by atoms with Crippen molar-refractivity contribution in [3.8, 4) is 5.75 Å². The molecule has 0 radical (unpaired) electrons. The van der Waals surface area contributed by atoms with Crippen LogP contribution in [0.1, 0.15) is 12.0 Å². The lowest BCUT2D eigenvalue weighted by Gasteiger charge is -2.08. The molecule has 2 rings (SSSR count). The summed E-state index contributed by atoms with van der Waals surface area (Å²) in [5, 5.41) is 2.78. The number of amides is 1. The smallest absolute Gasteiger partial charge is 0.240 e. The van der Waals surface area contributed by atoms with Crippen LogP contribution in [-0.4, -0.2) is 34.5 Å². The first kappa shape index (κ1) is 20.4. The number of hydrogen-bond donors (Lipinski definition) is 2. The van der Waals surface area contributed by atoms with E-state index in [1.165, 1.54) is 12.1 Å². The Labute approximate surface area is 162 Å². The molecule has 140 valence electrons. The molecule has 0 saturated carbocycles. The van der Waals surface area contributed by atoms with E-state index in [-0.39, 0.29) is 23.8 Å². The summed E-state index contributed by atoms with van der Waals surface area (Å²) in [6, 6.07) is 14.0. The Morgan fingerprint density at radius 3 is 2.50 bits per heavy atom. The number of carbonyl (C=O) groups excluding carboxylic acids is 1. The van der Waals surface area contributed by atoms with E-state index in [1.807, 2.05) is 24.3 Å². The van der Waals surface area contributed by atoms with Gasteiger partial charge in [0.15, 0.2) is 0 Å². The van der Waals surface area contributed by atoms with Crippen molar-refractivity contribution in [1.29, 1.82) is 0 Å². The molecule has 0 saturated heterocycles. The van der Waals surface area contributed by atoms with Crippen LogP contribution in [0.4, 0.5) is 0 Å². The topological polar surface area (TPSA) is 84.5 Å². The third kappa shape index (κ3) is 6.44. The second kappa shape index (κ2) is 9.70. The van der Waals surface area contributed by atoms with Crippen LogP contribution in [0.15, 0.2) is 57.9 Å². The van der Waals surface area contributed by atoms with Crippen molar-refractivity contribution in [2.45, 2.75) is 17.7 Å². The van der Waals surface area contributed by atoms with Gasteiger partial charge in [0.2, 0.25) is 15.9 Å². The number of carbonyl (C=O) groups is 1. The van der Waals surface area contributed by atoms with Crippen LogP contribution in [0, 0.1) is 0 Å². The van der Waals surface area contributed by atoms with Crippen molar-refractivity contribution in [3.05, 3.63) is 58.6 Å². The van der Waals surface area contributed by atoms with Gasteiger partial charge >= 0.3 is 0 Å². The number of benzene rings is 2. The van der Waals surface area contributed by atoms with Crippen LogP contribution in [0.3, 0.4) is 0 Å². The van der Waals surface area contributed by atoms with Crippen molar-refractivity contribution >= 4 is 31.9 Å². The second-order valence-electron chi connectivity index (χ2n) is 5.55. The summed E-state index contributed by atoms with van der Waals surface area (Å²) < 4.78 is 32.5. The summed E-state index contributed by atoms with van der Waals surface area (Å²) in [6.45, 7) is 0.534. The summed E-state index contributed by atoms with van der Waals surface area (Å²) in [5.74, 6) is 0.589. The van der Waals surface area contributed by atoms with Gasteiger partial charge in [-0.3, -0.25) is 4.79 Å². The lowest BCUT2D eigenvalue weighted by Crippen LogP contribution is -2.31. The fraction of sp³-hybridized carbons (Fsp3) is 0.278. The lowest BCUT2D eigenvalue weighted by atomic mass is 10.1. The predicted molar refractivity (Wildman–Crippen MR) is 104 cm³/mol. The van der Waals surface area contributed by atoms with Gasteiger partial charge in [-0.05, 0) is 42.3 Å². The zero-order valence-corrected chi connectivity index (χ0v) is 16.8. The Bertz CT molecular complexity index is 839. The molecular formula is C18H21BrN2O4S. The number of rotatable bonds is 9. The van der Waals surface area contributed by atoms with Gasteiger partial charge < -0.3 is 10.1 Å². The van der Waals surface area contributed by atoms with Crippen LogP contribution in [-0.2, 0) is 21.2 Å². The molecule has 0 aliphatic heterocycles. The summed E-state index contributed by atoms with van der Waals surface area (Å²) in [6.07, 6.45) is 0.773. The van der Waals surface area contributed by atoms with Gasteiger partial charge in [0, 0.05) is 24.0 Å². The van der Waals surface area contributed by atoms with Crippen LogP contribution in [0.5, 0.6) is 5.75 Å². The molecule has 0 aliphatic rings. The molecule has 26 heavy (non-hydrogen) atoms. The summed E-state index contributed by atoms with van der Waals surface area (Å²) >= 11 is 3.24. The number of ether oxygens (including phenoxy) is 1. The first-order valence-electron chi connectivity index (χ1n) is 8.05. The molecule has 0 bridgehead atoms. The van der Waals surface area contributed by atoms with Gasteiger partial charge in [0.25, 0.3) is 0 Å². The van der Waals surface area contributed by atoms with E-state index >= 15 is 0 Å². The Kier molecular flexibility index (Phi) is 7.62. The molecule has 0 spiro atoms. The molecule has 0 fully saturated rings. The monoisotopic (exact) mass is 440 g/mol. The van der Waals surface area contributed by atoms with E-state index in [9.17, 15) is 13.2 Å². The van der Waals surface area contributed by atoms with Crippen molar-refractivity contribution in [3.63, 3.8) is 0 Å². The van der Waals surface area contributed by atoms with Gasteiger partial charge in [-0.15, -0.1) is 0 Å². The number of hydrogen-bond acceptors (Lipinski definition) is 4. The van der Waals surface area contributed by atoms with Crippen molar-refractivity contribution < 1.29 is 17.9 Å². The minimum absolute atomic E-state index is 0.0449. The summed E-state index contributed by atoms with van der Waals surface area (Å²) in [5.41, 5.74) is 1.08. The zero-order chi connectivity index (χ0) is 19.0. The molecular weight excluding hydrogens is 420 g/mol. The highest BCUT2D eigenvalue weighted by Gasteiger charge is 2.14. The Hall–Kier alpha value is -1.90. The molecule has 0 atom stereocenters. The van der Waals surface area contributed by atoms with Crippen molar-refractivity contribution in [2.75, 3.05) is 20.2 Å². The second-order valence-corrected chi connectivity index (χ2v) is 8.24. The maximum absolute atomic E-state index is 12.1. The average Bonchev–Trinajstić information content (AvgIpc) is 2.62. The highest BCUT2D eigenvalue weighted by Crippen LogP contribution is 2.15. The molecule has 1 amide bonds. The Morgan fingerprint density at radius 2 is 1.85 bits per heavy atom. The predicted octanol–water partition coefficient (Wildman–Crippen LogP) is 2.49. The highest BCUT2D eigenvalue weighted by atomic mass is 79.9. The first-order chi connectivity index (χ1) is 12.4. The first-order valence-corrected chi connectivity index (χ1v) is 10.3. The highest BCUT2D eigenvalue weighted by molar-refractivity contribution is 9.10. The maximum Gasteiger partial charge on any atom is 0.240 e. The fourth-order valence-electron chi connectivity index (χ4n) is 2.24. The quantitative estimate of drug-likeness (QED) is 0.627. The van der Waals surface area contributed by atoms with Crippen LogP contribution in [0.25, 0.3) is 0 Å². The minimum Gasteiger partial charge on any atom is -0.497 e. The fourth-order valence-corrected chi connectivity index (χ4v) is 3.87. The van der Waals surface area contributed by atoms with E-state index in [0.29, 0.717) is 17.4 Å². The zero-order valence-electron chi connectivity index (χ0n) is 14.4. The molecule has 2 aromatic rings. The molecule has 0 aliphatic carbocycles. The molecule has 0 aromatic heterocycles. The van der Waals surface area contributed by atoms with Gasteiger partial charge in [0.05, 0.1) is 12.0 Å².